The molecule has 2 aromatic carbocycles. The number of halogens is 2. The average Bonchev–Trinajstić information content (AvgIpc) is 2.84. The van der Waals surface area contributed by atoms with Crippen molar-refractivity contribution in [2.75, 3.05) is 11.9 Å². The summed E-state index contributed by atoms with van der Waals surface area (Å²) in [5, 5.41) is 4.25. The van der Waals surface area contributed by atoms with Crippen LogP contribution in [0.3, 0.4) is 0 Å². The molecule has 3 rings (SSSR count). The second-order valence-corrected chi connectivity index (χ2v) is 6.95. The Morgan fingerprint density at radius 3 is 2.31 bits per heavy atom. The number of nitrogens with one attached hydrogen (secondary N) is 1. The number of imide groups is 1. The summed E-state index contributed by atoms with van der Waals surface area (Å²) in [6.45, 7) is 4.19. The highest BCUT2D eigenvalue weighted by Gasteiger charge is 2.38. The maximum atomic E-state index is 12.9. The van der Waals surface area contributed by atoms with Crippen molar-refractivity contribution in [1.29, 1.82) is 0 Å². The van der Waals surface area contributed by atoms with Gasteiger partial charge in [0.05, 0.1) is 5.57 Å². The van der Waals surface area contributed by atoms with Gasteiger partial charge in [0.15, 0.2) is 0 Å². The number of carbonyl (C=O) groups is 2. The zero-order chi connectivity index (χ0) is 18.8. The smallest absolute Gasteiger partial charge is 0.278 e. The van der Waals surface area contributed by atoms with Gasteiger partial charge >= 0.3 is 0 Å². The molecule has 1 N–H and O–H groups in total. The minimum Gasteiger partial charge on any atom is -0.350 e. The second kappa shape index (κ2) is 7.52. The normalized spacial score (nSPS) is 14.4. The van der Waals surface area contributed by atoms with Crippen molar-refractivity contribution in [2.45, 2.75) is 20.3 Å². The highest BCUT2D eigenvalue weighted by Crippen LogP contribution is 2.32. The third-order valence-electron chi connectivity index (χ3n) is 4.19. The first-order chi connectivity index (χ1) is 12.4. The molecule has 0 spiro atoms. The van der Waals surface area contributed by atoms with Gasteiger partial charge in [0.2, 0.25) is 0 Å². The number of anilines is 1. The fourth-order valence-corrected chi connectivity index (χ4v) is 3.12. The Morgan fingerprint density at radius 1 is 1.00 bits per heavy atom. The van der Waals surface area contributed by atoms with Gasteiger partial charge in [-0.25, -0.2) is 0 Å². The summed E-state index contributed by atoms with van der Waals surface area (Å²) < 4.78 is 0. The van der Waals surface area contributed by atoms with Crippen LogP contribution >= 0.6 is 23.2 Å². The zero-order valence-corrected chi connectivity index (χ0v) is 16.0. The first-order valence-corrected chi connectivity index (χ1v) is 9.07. The molecule has 2 aromatic rings. The Labute approximate surface area is 162 Å². The lowest BCUT2D eigenvalue weighted by atomic mass is 10.0. The first kappa shape index (κ1) is 18.5. The van der Waals surface area contributed by atoms with Crippen LogP contribution in [0.25, 0.3) is 5.57 Å². The van der Waals surface area contributed by atoms with Crippen LogP contribution in [0, 0.1) is 6.92 Å². The van der Waals surface area contributed by atoms with Crippen molar-refractivity contribution in [3.63, 3.8) is 0 Å². The quantitative estimate of drug-likeness (QED) is 0.740. The summed E-state index contributed by atoms with van der Waals surface area (Å²) in [7, 11) is 0. The lowest BCUT2D eigenvalue weighted by Gasteiger charge is -2.14. The summed E-state index contributed by atoms with van der Waals surface area (Å²) in [5.41, 5.74) is 2.83. The predicted octanol–water partition coefficient (Wildman–Crippen LogP) is 4.90. The number of aryl methyl sites for hydroxylation is 1. The zero-order valence-electron chi connectivity index (χ0n) is 14.5. The monoisotopic (exact) mass is 388 g/mol. The number of nitrogens with zero attached hydrogens (tertiary/aromatic N) is 1. The molecular formula is C20H18Cl2N2O2. The third kappa shape index (κ3) is 3.48. The minimum atomic E-state index is -0.335. The van der Waals surface area contributed by atoms with Crippen LogP contribution in [-0.4, -0.2) is 23.3 Å². The van der Waals surface area contributed by atoms with Crippen molar-refractivity contribution < 1.29 is 9.59 Å². The van der Waals surface area contributed by atoms with Crippen molar-refractivity contribution in [3.8, 4) is 0 Å². The first-order valence-electron chi connectivity index (χ1n) is 8.32. The molecule has 26 heavy (non-hydrogen) atoms. The standard InChI is InChI=1S/C20H18Cl2N2O2/c1-3-10-24-19(25)17(13-5-7-14(21)8-6-13)18(20(24)26)23-15-9-4-12(2)16(22)11-15/h4-9,11,23H,3,10H2,1-2H3. The molecule has 4 nitrogen and oxygen atoms in total. The van der Waals surface area contributed by atoms with Crippen LogP contribution in [0.5, 0.6) is 0 Å². The molecule has 6 heteroatoms. The molecule has 2 amide bonds. The molecule has 0 saturated carbocycles. The van der Waals surface area contributed by atoms with Crippen LogP contribution in [0.15, 0.2) is 48.2 Å². The van der Waals surface area contributed by atoms with Gasteiger partial charge in [-0.1, -0.05) is 48.3 Å². The molecule has 1 heterocycles. The molecule has 0 unspecified atom stereocenters. The van der Waals surface area contributed by atoms with Crippen LogP contribution in [0.2, 0.25) is 10.0 Å². The van der Waals surface area contributed by atoms with Crippen molar-refractivity contribution in [2.24, 2.45) is 0 Å². The van der Waals surface area contributed by atoms with Crippen LogP contribution in [0.1, 0.15) is 24.5 Å². The van der Waals surface area contributed by atoms with Gasteiger partial charge in [0, 0.05) is 22.3 Å². The van der Waals surface area contributed by atoms with E-state index in [1.807, 2.05) is 26.0 Å². The van der Waals surface area contributed by atoms with E-state index in [4.69, 9.17) is 23.2 Å². The minimum absolute atomic E-state index is 0.255. The molecule has 0 fully saturated rings. The Bertz CT molecular complexity index is 905. The number of rotatable bonds is 5. The Balaban J connectivity index is 2.07. The molecular weight excluding hydrogens is 371 g/mol. The van der Waals surface area contributed by atoms with E-state index in [2.05, 4.69) is 5.32 Å². The van der Waals surface area contributed by atoms with E-state index in [9.17, 15) is 9.59 Å². The van der Waals surface area contributed by atoms with E-state index >= 15 is 0 Å². The number of amides is 2. The van der Waals surface area contributed by atoms with Gasteiger partial charge in [-0.3, -0.25) is 14.5 Å². The summed E-state index contributed by atoms with van der Waals surface area (Å²) in [6.07, 6.45) is 0.690. The molecule has 0 aliphatic carbocycles. The van der Waals surface area contributed by atoms with E-state index < -0.39 is 0 Å². The summed E-state index contributed by atoms with van der Waals surface area (Å²) >= 11 is 12.1. The number of hydrogen-bond donors (Lipinski definition) is 1. The van der Waals surface area contributed by atoms with Crippen LogP contribution in [0.4, 0.5) is 5.69 Å². The van der Waals surface area contributed by atoms with Crippen LogP contribution < -0.4 is 5.32 Å². The topological polar surface area (TPSA) is 49.4 Å². The SMILES string of the molecule is CCCN1C(=O)C(Nc2ccc(C)c(Cl)c2)=C(c2ccc(Cl)cc2)C1=O. The maximum absolute atomic E-state index is 12.9. The van der Waals surface area contributed by atoms with Gasteiger partial charge in [-0.05, 0) is 48.7 Å². The Morgan fingerprint density at radius 2 is 1.69 bits per heavy atom. The fraction of sp³-hybridized carbons (Fsp3) is 0.200. The van der Waals surface area contributed by atoms with E-state index in [1.165, 1.54) is 4.90 Å². The number of carbonyl (C=O) groups excluding carboxylic acids is 2. The van der Waals surface area contributed by atoms with Gasteiger partial charge < -0.3 is 5.32 Å². The van der Waals surface area contributed by atoms with Crippen molar-refractivity contribution >= 4 is 46.3 Å². The Hall–Kier alpha value is -2.30. The molecule has 0 saturated heterocycles. The van der Waals surface area contributed by atoms with Gasteiger partial charge in [-0.15, -0.1) is 0 Å². The lowest BCUT2D eigenvalue weighted by molar-refractivity contribution is -0.136. The molecule has 134 valence electrons. The second-order valence-electron chi connectivity index (χ2n) is 6.11. The van der Waals surface area contributed by atoms with E-state index in [1.54, 1.807) is 30.3 Å². The Kier molecular flexibility index (Phi) is 5.35. The summed E-state index contributed by atoms with van der Waals surface area (Å²) in [5.74, 6) is -0.640. The van der Waals surface area contributed by atoms with Crippen molar-refractivity contribution in [3.05, 3.63) is 69.3 Å². The highest BCUT2D eigenvalue weighted by molar-refractivity contribution is 6.37. The van der Waals surface area contributed by atoms with E-state index in [-0.39, 0.29) is 17.5 Å². The molecule has 1 aliphatic rings. The molecule has 0 radical (unpaired) electrons. The average molecular weight is 389 g/mol. The van der Waals surface area contributed by atoms with Gasteiger partial charge in [0.25, 0.3) is 11.8 Å². The fourth-order valence-electron chi connectivity index (χ4n) is 2.82. The summed E-state index contributed by atoms with van der Waals surface area (Å²) in [4.78, 5) is 27.0. The lowest BCUT2D eigenvalue weighted by Crippen LogP contribution is -2.33. The summed E-state index contributed by atoms with van der Waals surface area (Å²) in [6, 6.07) is 12.3. The van der Waals surface area contributed by atoms with Crippen molar-refractivity contribution in [1.82, 2.24) is 4.90 Å². The maximum Gasteiger partial charge on any atom is 0.278 e. The molecule has 0 atom stereocenters. The molecule has 0 aromatic heterocycles. The van der Waals surface area contributed by atoms with Crippen LogP contribution in [-0.2, 0) is 9.59 Å². The predicted molar refractivity (Wildman–Crippen MR) is 105 cm³/mol. The van der Waals surface area contributed by atoms with Gasteiger partial charge in [-0.2, -0.15) is 0 Å². The molecule has 1 aliphatic heterocycles. The van der Waals surface area contributed by atoms with Gasteiger partial charge in [0.1, 0.15) is 5.70 Å². The number of hydrogen-bond acceptors (Lipinski definition) is 3. The largest absolute Gasteiger partial charge is 0.350 e. The van der Waals surface area contributed by atoms with E-state index in [0.717, 1.165) is 5.56 Å². The molecule has 0 bridgehead atoms. The number of benzene rings is 2. The van der Waals surface area contributed by atoms with E-state index in [0.29, 0.717) is 39.8 Å². The third-order valence-corrected chi connectivity index (χ3v) is 4.85. The highest BCUT2D eigenvalue weighted by atomic mass is 35.5.